The smallest absolute Gasteiger partial charge is 0.124 e. The minimum absolute atomic E-state index is 0.165. The molecule has 2 nitrogen and oxygen atoms in total. The van der Waals surface area contributed by atoms with E-state index < -0.39 is 0 Å². The summed E-state index contributed by atoms with van der Waals surface area (Å²) in [5.74, 6) is 9.01. The van der Waals surface area contributed by atoms with Gasteiger partial charge in [0.05, 0.1) is 0 Å². The van der Waals surface area contributed by atoms with Crippen LogP contribution in [0.1, 0.15) is 25.7 Å². The van der Waals surface area contributed by atoms with Crippen LogP contribution < -0.4 is 11.3 Å². The van der Waals surface area contributed by atoms with Crippen molar-refractivity contribution < 1.29 is 4.39 Å². The first-order chi connectivity index (χ1) is 9.26. The van der Waals surface area contributed by atoms with Gasteiger partial charge in [0.25, 0.3) is 0 Å². The number of benzene rings is 1. The highest BCUT2D eigenvalue weighted by atomic mass is 32.2. The van der Waals surface area contributed by atoms with E-state index in [0.29, 0.717) is 12.0 Å². The maximum Gasteiger partial charge on any atom is 0.124 e. The van der Waals surface area contributed by atoms with Gasteiger partial charge in [-0.15, -0.1) is 11.8 Å². The predicted molar refractivity (Wildman–Crippen MR) is 77.2 cm³/mol. The second kappa shape index (κ2) is 5.81. The lowest BCUT2D eigenvalue weighted by molar-refractivity contribution is 0.265. The summed E-state index contributed by atoms with van der Waals surface area (Å²) in [7, 11) is 0. The molecule has 4 atom stereocenters. The van der Waals surface area contributed by atoms with E-state index in [2.05, 4.69) is 5.43 Å². The number of nitrogens with one attached hydrogen (secondary N) is 1. The summed E-state index contributed by atoms with van der Waals surface area (Å²) in [5.41, 5.74) is 3.00. The molecule has 2 saturated carbocycles. The number of halogens is 1. The van der Waals surface area contributed by atoms with E-state index in [9.17, 15) is 4.39 Å². The number of rotatable bonds is 5. The van der Waals surface area contributed by atoms with Crippen molar-refractivity contribution in [3.8, 4) is 0 Å². The van der Waals surface area contributed by atoms with E-state index in [1.165, 1.54) is 31.7 Å². The highest BCUT2D eigenvalue weighted by Crippen LogP contribution is 2.49. The molecule has 0 aromatic heterocycles. The molecule has 104 valence electrons. The van der Waals surface area contributed by atoms with Crippen molar-refractivity contribution in [1.82, 2.24) is 5.43 Å². The van der Waals surface area contributed by atoms with Gasteiger partial charge < -0.3 is 0 Å². The Hall–Kier alpha value is -0.580. The molecule has 1 aromatic carbocycles. The lowest BCUT2D eigenvalue weighted by Gasteiger charge is -2.29. The van der Waals surface area contributed by atoms with Crippen LogP contribution in [0.4, 0.5) is 4.39 Å². The second-order valence-electron chi connectivity index (χ2n) is 5.88. The zero-order chi connectivity index (χ0) is 13.2. The first-order valence-electron chi connectivity index (χ1n) is 7.10. The molecule has 3 rings (SSSR count). The zero-order valence-electron chi connectivity index (χ0n) is 11.0. The Kier molecular flexibility index (Phi) is 4.10. The molecule has 19 heavy (non-hydrogen) atoms. The van der Waals surface area contributed by atoms with E-state index in [4.69, 9.17) is 5.84 Å². The molecule has 0 radical (unpaired) electrons. The Morgan fingerprint density at radius 1 is 1.37 bits per heavy atom. The van der Waals surface area contributed by atoms with Gasteiger partial charge in [0.2, 0.25) is 0 Å². The maximum atomic E-state index is 13.1. The Bertz CT molecular complexity index is 440. The van der Waals surface area contributed by atoms with Crippen molar-refractivity contribution in [2.75, 3.05) is 5.75 Å². The van der Waals surface area contributed by atoms with E-state index in [-0.39, 0.29) is 5.82 Å². The van der Waals surface area contributed by atoms with Gasteiger partial charge in [0.1, 0.15) is 5.82 Å². The standard InChI is InChI=1S/C15H21FN2S/c16-12-2-1-3-13(8-12)19-9-15(18-17)14-7-10-4-5-11(14)6-10/h1-3,8,10-11,14-15,18H,4-7,9,17H2. The van der Waals surface area contributed by atoms with Gasteiger partial charge in [-0.3, -0.25) is 11.3 Å². The fourth-order valence-electron chi connectivity index (χ4n) is 3.82. The zero-order valence-corrected chi connectivity index (χ0v) is 11.8. The van der Waals surface area contributed by atoms with Crippen molar-refractivity contribution in [2.45, 2.75) is 36.6 Å². The van der Waals surface area contributed by atoms with Gasteiger partial charge in [-0.05, 0) is 55.2 Å². The largest absolute Gasteiger partial charge is 0.271 e. The number of hydrogen-bond acceptors (Lipinski definition) is 3. The summed E-state index contributed by atoms with van der Waals surface area (Å²) in [6.07, 6.45) is 5.50. The second-order valence-corrected chi connectivity index (χ2v) is 6.97. The van der Waals surface area contributed by atoms with Crippen LogP contribution in [-0.4, -0.2) is 11.8 Å². The van der Waals surface area contributed by atoms with Crippen molar-refractivity contribution in [2.24, 2.45) is 23.6 Å². The summed E-state index contributed by atoms with van der Waals surface area (Å²) < 4.78 is 13.1. The molecule has 0 amide bonds. The van der Waals surface area contributed by atoms with Crippen molar-refractivity contribution in [3.05, 3.63) is 30.1 Å². The minimum Gasteiger partial charge on any atom is -0.271 e. The molecule has 2 fully saturated rings. The van der Waals surface area contributed by atoms with Crippen LogP contribution in [0.2, 0.25) is 0 Å². The van der Waals surface area contributed by atoms with Gasteiger partial charge in [0, 0.05) is 16.7 Å². The van der Waals surface area contributed by atoms with Gasteiger partial charge in [0.15, 0.2) is 0 Å². The first-order valence-corrected chi connectivity index (χ1v) is 8.09. The van der Waals surface area contributed by atoms with Crippen molar-refractivity contribution in [1.29, 1.82) is 0 Å². The molecule has 4 heteroatoms. The average molecular weight is 280 g/mol. The number of hydrogen-bond donors (Lipinski definition) is 2. The fraction of sp³-hybridized carbons (Fsp3) is 0.600. The van der Waals surface area contributed by atoms with Crippen LogP contribution in [0.25, 0.3) is 0 Å². The van der Waals surface area contributed by atoms with Crippen LogP contribution >= 0.6 is 11.8 Å². The van der Waals surface area contributed by atoms with Gasteiger partial charge in [-0.2, -0.15) is 0 Å². The third kappa shape index (κ3) is 2.96. The molecule has 1 aromatic rings. The molecule has 2 bridgehead atoms. The van der Waals surface area contributed by atoms with E-state index in [1.54, 1.807) is 23.9 Å². The summed E-state index contributed by atoms with van der Waals surface area (Å²) in [6, 6.07) is 7.16. The van der Waals surface area contributed by atoms with E-state index in [0.717, 1.165) is 22.5 Å². The summed E-state index contributed by atoms with van der Waals surface area (Å²) >= 11 is 1.70. The number of fused-ring (bicyclic) bond motifs is 2. The molecule has 0 aliphatic heterocycles. The van der Waals surface area contributed by atoms with E-state index >= 15 is 0 Å². The molecule has 0 heterocycles. The molecule has 2 aliphatic rings. The SMILES string of the molecule is NNC(CSc1cccc(F)c1)C1CC2CCC1C2. The Morgan fingerprint density at radius 2 is 2.26 bits per heavy atom. The van der Waals surface area contributed by atoms with Crippen LogP contribution in [0.5, 0.6) is 0 Å². The van der Waals surface area contributed by atoms with Gasteiger partial charge in [-0.25, -0.2) is 4.39 Å². The van der Waals surface area contributed by atoms with Crippen molar-refractivity contribution in [3.63, 3.8) is 0 Å². The molecule has 4 unspecified atom stereocenters. The third-order valence-corrected chi connectivity index (χ3v) is 5.86. The lowest BCUT2D eigenvalue weighted by Crippen LogP contribution is -2.44. The average Bonchev–Trinajstić information content (AvgIpc) is 3.02. The Morgan fingerprint density at radius 3 is 2.89 bits per heavy atom. The summed E-state index contributed by atoms with van der Waals surface area (Å²) in [4.78, 5) is 0.989. The van der Waals surface area contributed by atoms with Crippen LogP contribution in [-0.2, 0) is 0 Å². The fourth-order valence-corrected chi connectivity index (χ4v) is 4.91. The molecule has 3 N–H and O–H groups in total. The molecule has 0 saturated heterocycles. The monoisotopic (exact) mass is 280 g/mol. The topological polar surface area (TPSA) is 38.0 Å². The molecular formula is C15H21FN2S. The number of nitrogens with two attached hydrogens (primary N) is 1. The van der Waals surface area contributed by atoms with Crippen molar-refractivity contribution >= 4 is 11.8 Å². The summed E-state index contributed by atoms with van der Waals surface area (Å²) in [6.45, 7) is 0. The number of hydrazine groups is 1. The first kappa shape index (κ1) is 13.4. The predicted octanol–water partition coefficient (Wildman–Crippen LogP) is 3.19. The molecule has 2 aliphatic carbocycles. The minimum atomic E-state index is -0.165. The summed E-state index contributed by atoms with van der Waals surface area (Å²) in [5, 5.41) is 0. The molecule has 0 spiro atoms. The molecular weight excluding hydrogens is 259 g/mol. The Balaban J connectivity index is 1.58. The van der Waals surface area contributed by atoms with Crippen LogP contribution in [0, 0.1) is 23.6 Å². The normalized spacial score (nSPS) is 30.7. The highest BCUT2D eigenvalue weighted by molar-refractivity contribution is 7.99. The highest BCUT2D eigenvalue weighted by Gasteiger charge is 2.42. The Labute approximate surface area is 118 Å². The lowest BCUT2D eigenvalue weighted by atomic mass is 9.84. The van der Waals surface area contributed by atoms with Gasteiger partial charge in [-0.1, -0.05) is 12.5 Å². The van der Waals surface area contributed by atoms with Gasteiger partial charge >= 0.3 is 0 Å². The van der Waals surface area contributed by atoms with E-state index in [1.807, 2.05) is 6.07 Å². The quantitative estimate of drug-likeness (QED) is 0.494. The third-order valence-electron chi connectivity index (χ3n) is 4.75. The van der Waals surface area contributed by atoms with Crippen LogP contribution in [0.3, 0.4) is 0 Å². The van der Waals surface area contributed by atoms with Crippen LogP contribution in [0.15, 0.2) is 29.2 Å². The number of thioether (sulfide) groups is 1. The maximum absolute atomic E-state index is 13.1.